The molecule has 1 aromatic heterocycles. The number of allylic oxidation sites excluding steroid dienone is 2. The summed E-state index contributed by atoms with van der Waals surface area (Å²) in [6.45, 7) is -0.00575. The van der Waals surface area contributed by atoms with Gasteiger partial charge in [-0.3, -0.25) is 15.0 Å². The number of anilines is 1. The number of hydrogen-bond donors (Lipinski definition) is 2. The topological polar surface area (TPSA) is 128 Å². The number of halogens is 2. The molecule has 3 aliphatic rings. The zero-order valence-electron chi connectivity index (χ0n) is 26.5. The number of carbonyl (C=O) groups is 2. The number of hydrazine groups is 1. The van der Waals surface area contributed by atoms with E-state index in [9.17, 15) is 23.9 Å². The predicted molar refractivity (Wildman–Crippen MR) is 182 cm³/mol. The number of carbonyl (C=O) groups excluding carboxylic acids is 2. The van der Waals surface area contributed by atoms with Crippen LogP contribution in [-0.2, 0) is 21.5 Å². The average molecular weight is 694 g/mol. The molecule has 4 aromatic carbocycles. The lowest BCUT2D eigenvalue weighted by molar-refractivity contribution is -0.138. The van der Waals surface area contributed by atoms with Crippen LogP contribution < -0.4 is 21.5 Å². The molecule has 50 heavy (non-hydrogen) atoms. The van der Waals surface area contributed by atoms with Crippen LogP contribution in [0.25, 0.3) is 5.69 Å². The first-order valence-electron chi connectivity index (χ1n) is 15.9. The Labute approximate surface area is 289 Å². The van der Waals surface area contributed by atoms with E-state index in [1.165, 1.54) is 46.8 Å². The Kier molecular flexibility index (Phi) is 7.30. The van der Waals surface area contributed by atoms with Crippen molar-refractivity contribution in [3.8, 4) is 17.2 Å². The van der Waals surface area contributed by atoms with E-state index < -0.39 is 52.3 Å². The average Bonchev–Trinajstić information content (AvgIpc) is 3.50. The molecule has 4 unspecified atom stereocenters. The Hall–Kier alpha value is -5.88. The highest BCUT2D eigenvalue weighted by Crippen LogP contribution is 2.63. The van der Waals surface area contributed by atoms with E-state index >= 15 is 4.79 Å². The number of aromatic nitrogens is 3. The molecular formula is C37H29ClFN5O6. The number of phenolic OH excluding ortho intramolecular Hbond substituents is 1. The van der Waals surface area contributed by atoms with Gasteiger partial charge in [0.25, 0.3) is 11.8 Å². The number of para-hydroxylation sites is 1. The largest absolute Gasteiger partial charge is 0.508 e. The van der Waals surface area contributed by atoms with E-state index in [2.05, 4.69) is 5.43 Å². The van der Waals surface area contributed by atoms with Crippen LogP contribution in [0.15, 0.2) is 118 Å². The molecule has 2 aliphatic heterocycles. The number of imide groups is 1. The van der Waals surface area contributed by atoms with Gasteiger partial charge in [-0.25, -0.2) is 27.9 Å². The fourth-order valence-electron chi connectivity index (χ4n) is 7.95. The Morgan fingerprint density at radius 1 is 0.920 bits per heavy atom. The molecule has 11 nitrogen and oxygen atoms in total. The van der Waals surface area contributed by atoms with Crippen LogP contribution in [0.4, 0.5) is 10.1 Å². The summed E-state index contributed by atoms with van der Waals surface area (Å²) in [6, 6.07) is 24.3. The monoisotopic (exact) mass is 693 g/mol. The van der Waals surface area contributed by atoms with Crippen molar-refractivity contribution in [3.63, 3.8) is 0 Å². The summed E-state index contributed by atoms with van der Waals surface area (Å²) in [5, 5.41) is 12.9. The number of nitrogens with zero attached hydrogens (tertiary/aromatic N) is 4. The number of nitrogens with one attached hydrogen (secondary N) is 1. The van der Waals surface area contributed by atoms with Crippen molar-refractivity contribution < 1.29 is 23.8 Å². The lowest BCUT2D eigenvalue weighted by atomic mass is 9.53. The molecule has 0 bridgehead atoms. The summed E-state index contributed by atoms with van der Waals surface area (Å²) < 4.78 is 23.0. The number of aromatic hydroxyl groups is 1. The quantitative estimate of drug-likeness (QED) is 0.191. The van der Waals surface area contributed by atoms with Gasteiger partial charge in [0.2, 0.25) is 0 Å². The van der Waals surface area contributed by atoms with Gasteiger partial charge >= 0.3 is 11.4 Å². The van der Waals surface area contributed by atoms with Crippen molar-refractivity contribution in [1.82, 2.24) is 18.9 Å². The highest BCUT2D eigenvalue weighted by atomic mass is 35.5. The fourth-order valence-corrected chi connectivity index (χ4v) is 8.08. The third kappa shape index (κ3) is 4.48. The third-order valence-corrected chi connectivity index (χ3v) is 10.3. The summed E-state index contributed by atoms with van der Waals surface area (Å²) in [6.07, 6.45) is 1.77. The van der Waals surface area contributed by atoms with Crippen LogP contribution in [0.3, 0.4) is 0 Å². The fraction of sp³-hybridized carbons (Fsp3) is 0.189. The van der Waals surface area contributed by atoms with Gasteiger partial charge in [-0.2, -0.15) is 5.01 Å². The predicted octanol–water partition coefficient (Wildman–Crippen LogP) is 4.93. The maximum absolute atomic E-state index is 15.2. The van der Waals surface area contributed by atoms with E-state index in [0.717, 1.165) is 9.58 Å². The standard InChI is InChI=1S/C37H29ClFN5O6/c1-50-26-15-16-28(31(45)19-26)32-27-17-18-41-35(48)42(25-5-3-2-4-6-25)36(49)44(41)30(27)20-29-33(46)43(40-24-13-11-23(39)12-14-24)34(47)37(29,32)21-7-9-22(38)10-8-21/h2-17,19,29-30,32,40,45H,18,20H2,1H3. The number of methoxy groups -OCH3 is 1. The minimum atomic E-state index is -1.66. The van der Waals surface area contributed by atoms with E-state index in [1.807, 2.05) is 0 Å². The van der Waals surface area contributed by atoms with Gasteiger partial charge < -0.3 is 9.84 Å². The molecule has 5 aromatic rings. The lowest BCUT2D eigenvalue weighted by Gasteiger charge is -2.49. The zero-order chi connectivity index (χ0) is 34.9. The Bertz CT molecular complexity index is 2330. The van der Waals surface area contributed by atoms with Crippen molar-refractivity contribution in [2.45, 2.75) is 30.3 Å². The third-order valence-electron chi connectivity index (χ3n) is 10.1. The van der Waals surface area contributed by atoms with Crippen molar-refractivity contribution in [3.05, 3.63) is 152 Å². The molecular weight excluding hydrogens is 665 g/mol. The first-order valence-corrected chi connectivity index (χ1v) is 16.3. The molecule has 0 spiro atoms. The molecule has 3 heterocycles. The molecule has 2 amide bonds. The molecule has 2 fully saturated rings. The van der Waals surface area contributed by atoms with Crippen LogP contribution >= 0.6 is 11.6 Å². The normalized spacial score (nSPS) is 22.4. The van der Waals surface area contributed by atoms with Gasteiger partial charge in [-0.05, 0) is 72.2 Å². The molecule has 4 atom stereocenters. The second-order valence-electron chi connectivity index (χ2n) is 12.5. The van der Waals surface area contributed by atoms with Crippen LogP contribution in [0, 0.1) is 11.7 Å². The Balaban J connectivity index is 1.39. The number of benzene rings is 4. The van der Waals surface area contributed by atoms with E-state index in [-0.39, 0.29) is 18.7 Å². The molecule has 252 valence electrons. The highest BCUT2D eigenvalue weighted by Gasteiger charge is 2.69. The van der Waals surface area contributed by atoms with E-state index in [4.69, 9.17) is 16.3 Å². The Morgan fingerprint density at radius 2 is 1.64 bits per heavy atom. The van der Waals surface area contributed by atoms with Gasteiger partial charge in [0, 0.05) is 22.6 Å². The summed E-state index contributed by atoms with van der Waals surface area (Å²) in [5.74, 6) is -3.64. The van der Waals surface area contributed by atoms with Gasteiger partial charge in [0.1, 0.15) is 17.3 Å². The summed E-state index contributed by atoms with van der Waals surface area (Å²) >= 11 is 6.33. The SMILES string of the molecule is COc1ccc(C2C3=CCn4c(=O)n(-c5ccccc5)c(=O)n4C3CC3C(=O)N(Nc4ccc(F)cc4)C(=O)C32c2ccc(Cl)cc2)c(O)c1. The Morgan fingerprint density at radius 3 is 2.32 bits per heavy atom. The van der Waals surface area contributed by atoms with Crippen LogP contribution in [0.5, 0.6) is 11.5 Å². The molecule has 2 N–H and O–H groups in total. The summed E-state index contributed by atoms with van der Waals surface area (Å²) in [7, 11) is 1.46. The zero-order valence-corrected chi connectivity index (χ0v) is 27.3. The molecule has 8 rings (SSSR count). The molecule has 1 saturated carbocycles. The van der Waals surface area contributed by atoms with Crippen LogP contribution in [0.2, 0.25) is 5.02 Å². The van der Waals surface area contributed by atoms with Crippen LogP contribution in [-0.4, -0.2) is 43.0 Å². The smallest absolute Gasteiger partial charge is 0.352 e. The first-order chi connectivity index (χ1) is 24.1. The van der Waals surface area contributed by atoms with Gasteiger partial charge in [0.15, 0.2) is 0 Å². The first kappa shape index (κ1) is 31.4. The second kappa shape index (κ2) is 11.6. The van der Waals surface area contributed by atoms with Gasteiger partial charge in [-0.15, -0.1) is 0 Å². The lowest BCUT2D eigenvalue weighted by Crippen LogP contribution is -2.53. The molecule has 0 radical (unpaired) electrons. The van der Waals surface area contributed by atoms with E-state index in [1.54, 1.807) is 72.8 Å². The maximum Gasteiger partial charge on any atom is 0.352 e. The van der Waals surface area contributed by atoms with Crippen molar-refractivity contribution in [2.75, 3.05) is 12.5 Å². The molecule has 13 heteroatoms. The number of hydrogen-bond acceptors (Lipinski definition) is 7. The summed E-state index contributed by atoms with van der Waals surface area (Å²) in [5.41, 5.74) is 2.12. The van der Waals surface area contributed by atoms with Crippen LogP contribution in [0.1, 0.15) is 29.5 Å². The van der Waals surface area contributed by atoms with Crippen molar-refractivity contribution >= 4 is 29.1 Å². The summed E-state index contributed by atoms with van der Waals surface area (Å²) in [4.78, 5) is 57.8. The van der Waals surface area contributed by atoms with Gasteiger partial charge in [0.05, 0.1) is 42.4 Å². The van der Waals surface area contributed by atoms with Crippen molar-refractivity contribution in [2.24, 2.45) is 5.92 Å². The number of fused-ring (bicyclic) bond motifs is 4. The highest BCUT2D eigenvalue weighted by molar-refractivity contribution is 6.30. The number of rotatable bonds is 6. The minimum Gasteiger partial charge on any atom is -0.508 e. The van der Waals surface area contributed by atoms with Gasteiger partial charge in [-0.1, -0.05) is 54.1 Å². The number of ether oxygens (including phenoxy) is 1. The maximum atomic E-state index is 15.2. The van der Waals surface area contributed by atoms with E-state index in [0.29, 0.717) is 38.8 Å². The number of amides is 2. The molecule has 1 saturated heterocycles. The molecule has 1 aliphatic carbocycles. The number of phenols is 1. The second-order valence-corrected chi connectivity index (χ2v) is 12.9. The van der Waals surface area contributed by atoms with Crippen molar-refractivity contribution in [1.29, 1.82) is 0 Å². The minimum absolute atomic E-state index is 0.00575.